The third kappa shape index (κ3) is 4.54. The van der Waals surface area contributed by atoms with Crippen molar-refractivity contribution in [1.29, 1.82) is 0 Å². The third-order valence-electron chi connectivity index (χ3n) is 5.94. The van der Waals surface area contributed by atoms with E-state index in [1.54, 1.807) is 0 Å². The minimum absolute atomic E-state index is 0.142. The van der Waals surface area contributed by atoms with Gasteiger partial charge in [-0.15, -0.1) is 10.2 Å². The number of aromatic nitrogens is 3. The molecule has 29 heavy (non-hydrogen) atoms. The van der Waals surface area contributed by atoms with Gasteiger partial charge in [0, 0.05) is 25.1 Å². The van der Waals surface area contributed by atoms with Gasteiger partial charge in [0.05, 0.1) is 6.04 Å². The monoisotopic (exact) mass is 396 g/mol. The summed E-state index contributed by atoms with van der Waals surface area (Å²) < 4.78 is 8.18. The Bertz CT molecular complexity index is 881. The van der Waals surface area contributed by atoms with E-state index < -0.39 is 0 Å². The average molecular weight is 397 g/mol. The Balaban J connectivity index is 1.57. The fourth-order valence-electron chi connectivity index (χ4n) is 4.23. The Kier molecular flexibility index (Phi) is 5.48. The van der Waals surface area contributed by atoms with E-state index in [0.717, 1.165) is 29.8 Å². The molecule has 0 saturated heterocycles. The van der Waals surface area contributed by atoms with Crippen LogP contribution in [-0.4, -0.2) is 32.4 Å². The van der Waals surface area contributed by atoms with E-state index in [4.69, 9.17) is 9.73 Å². The number of benzene rings is 1. The highest BCUT2D eigenvalue weighted by Gasteiger charge is 2.34. The van der Waals surface area contributed by atoms with E-state index in [0.29, 0.717) is 12.6 Å². The van der Waals surface area contributed by atoms with Crippen molar-refractivity contribution in [3.63, 3.8) is 0 Å². The van der Waals surface area contributed by atoms with Crippen LogP contribution in [0.5, 0.6) is 5.75 Å². The molecule has 1 unspecified atom stereocenters. The largest absolute Gasteiger partial charge is 0.487 e. The molecule has 2 N–H and O–H groups in total. The van der Waals surface area contributed by atoms with Gasteiger partial charge in [0.25, 0.3) is 0 Å². The lowest BCUT2D eigenvalue weighted by Crippen LogP contribution is -2.47. The molecule has 7 heteroatoms. The van der Waals surface area contributed by atoms with E-state index in [9.17, 15) is 0 Å². The second-order valence-corrected chi connectivity index (χ2v) is 8.81. The summed E-state index contributed by atoms with van der Waals surface area (Å²) in [7, 11) is 1.98. The van der Waals surface area contributed by atoms with Crippen molar-refractivity contribution in [2.75, 3.05) is 0 Å². The highest BCUT2D eigenvalue weighted by molar-refractivity contribution is 5.80. The zero-order valence-electron chi connectivity index (χ0n) is 17.9. The number of rotatable bonds is 4. The van der Waals surface area contributed by atoms with Crippen molar-refractivity contribution in [3.05, 3.63) is 41.5 Å². The number of para-hydroxylation sites is 1. The smallest absolute Gasteiger partial charge is 0.192 e. The summed E-state index contributed by atoms with van der Waals surface area (Å²) in [5, 5.41) is 15.8. The van der Waals surface area contributed by atoms with Gasteiger partial charge in [0.15, 0.2) is 11.8 Å². The van der Waals surface area contributed by atoms with Gasteiger partial charge >= 0.3 is 0 Å². The summed E-state index contributed by atoms with van der Waals surface area (Å²) in [6, 6.07) is 8.91. The first-order chi connectivity index (χ1) is 13.9. The minimum Gasteiger partial charge on any atom is -0.487 e. The van der Waals surface area contributed by atoms with Gasteiger partial charge in [0.1, 0.15) is 23.7 Å². The average Bonchev–Trinajstić information content (AvgIpc) is 3.30. The molecule has 1 saturated carbocycles. The second-order valence-electron chi connectivity index (χ2n) is 8.81. The molecule has 0 spiro atoms. The normalized spacial score (nSPS) is 21.5. The molecule has 156 valence electrons. The fraction of sp³-hybridized carbons (Fsp3) is 0.591. The number of hydrogen-bond donors (Lipinski definition) is 2. The molecule has 0 radical (unpaired) electrons. The van der Waals surface area contributed by atoms with Crippen LogP contribution in [0.3, 0.4) is 0 Å². The summed E-state index contributed by atoms with van der Waals surface area (Å²) in [6.07, 6.45) is 5.82. The van der Waals surface area contributed by atoms with Gasteiger partial charge in [-0.2, -0.15) is 0 Å². The van der Waals surface area contributed by atoms with Gasteiger partial charge in [0.2, 0.25) is 0 Å². The van der Waals surface area contributed by atoms with Crippen molar-refractivity contribution >= 4 is 5.96 Å². The van der Waals surface area contributed by atoms with Crippen LogP contribution in [-0.2, 0) is 13.6 Å². The number of aliphatic imine (C=N–C) groups is 1. The highest BCUT2D eigenvalue weighted by Crippen LogP contribution is 2.39. The molecule has 2 aliphatic rings. The van der Waals surface area contributed by atoms with Crippen LogP contribution in [0.1, 0.15) is 69.2 Å². The first-order valence-corrected chi connectivity index (χ1v) is 10.6. The van der Waals surface area contributed by atoms with Crippen molar-refractivity contribution < 1.29 is 4.74 Å². The molecule has 0 amide bonds. The second kappa shape index (κ2) is 8.05. The maximum atomic E-state index is 6.19. The quantitative estimate of drug-likeness (QED) is 0.612. The fourth-order valence-corrected chi connectivity index (χ4v) is 4.23. The predicted octanol–water partition coefficient (Wildman–Crippen LogP) is 3.40. The van der Waals surface area contributed by atoms with Gasteiger partial charge < -0.3 is 19.9 Å². The Morgan fingerprint density at radius 2 is 1.97 bits per heavy atom. The topological polar surface area (TPSA) is 76.4 Å². The Hall–Kier alpha value is -2.57. The molecule has 4 rings (SSSR count). The summed E-state index contributed by atoms with van der Waals surface area (Å²) in [6.45, 7) is 6.73. The van der Waals surface area contributed by atoms with Gasteiger partial charge in [-0.05, 0) is 39.7 Å². The van der Waals surface area contributed by atoms with E-state index in [2.05, 4.69) is 52.9 Å². The Morgan fingerprint density at radius 1 is 1.21 bits per heavy atom. The van der Waals surface area contributed by atoms with E-state index in [-0.39, 0.29) is 11.6 Å². The number of guanidine groups is 1. The Morgan fingerprint density at radius 3 is 2.69 bits per heavy atom. The number of nitrogens with zero attached hydrogens (tertiary/aromatic N) is 4. The van der Waals surface area contributed by atoms with Crippen LogP contribution >= 0.6 is 0 Å². The third-order valence-corrected chi connectivity index (χ3v) is 5.94. The summed E-state index contributed by atoms with van der Waals surface area (Å²) >= 11 is 0. The molecule has 1 aromatic carbocycles. The zero-order valence-corrected chi connectivity index (χ0v) is 17.9. The number of aryl methyl sites for hydroxylation is 1. The lowest BCUT2D eigenvalue weighted by atomic mass is 9.90. The number of ether oxygens (including phenoxy) is 1. The molecule has 0 bridgehead atoms. The first kappa shape index (κ1) is 19.7. The molecular formula is C22H32N6O. The highest BCUT2D eigenvalue weighted by atomic mass is 16.5. The SMILES string of the molecule is Cc1nnc(CN=C(NC2CCCC2)NC2CC(C)(C)Oc3ccccc32)n1C. The van der Waals surface area contributed by atoms with Crippen molar-refractivity contribution in [3.8, 4) is 5.75 Å². The lowest BCUT2D eigenvalue weighted by molar-refractivity contribution is 0.0693. The zero-order chi connectivity index (χ0) is 20.4. The standard InChI is InChI=1S/C22H32N6O/c1-15-26-27-20(28(15)4)14-23-21(24-16-9-5-6-10-16)25-18-13-22(2,3)29-19-12-8-7-11-17(18)19/h7-8,11-12,16,18H,5-6,9-10,13-14H2,1-4H3,(H2,23,24,25). The van der Waals surface area contributed by atoms with Gasteiger partial charge in [-0.1, -0.05) is 31.0 Å². The molecule has 1 fully saturated rings. The van der Waals surface area contributed by atoms with Crippen LogP contribution in [0, 0.1) is 6.92 Å². The maximum Gasteiger partial charge on any atom is 0.192 e. The summed E-state index contributed by atoms with van der Waals surface area (Å²) in [4.78, 5) is 4.88. The van der Waals surface area contributed by atoms with E-state index in [1.807, 2.05) is 24.6 Å². The van der Waals surface area contributed by atoms with E-state index in [1.165, 1.54) is 31.2 Å². The predicted molar refractivity (Wildman–Crippen MR) is 114 cm³/mol. The van der Waals surface area contributed by atoms with Crippen molar-refractivity contribution in [2.45, 2.75) is 77.1 Å². The van der Waals surface area contributed by atoms with Crippen LogP contribution in [0.4, 0.5) is 0 Å². The number of nitrogens with one attached hydrogen (secondary N) is 2. The summed E-state index contributed by atoms with van der Waals surface area (Å²) in [5.41, 5.74) is 0.952. The van der Waals surface area contributed by atoms with Gasteiger partial charge in [-0.25, -0.2) is 4.99 Å². The molecule has 7 nitrogen and oxygen atoms in total. The van der Waals surface area contributed by atoms with Crippen molar-refractivity contribution in [2.24, 2.45) is 12.0 Å². The molecule has 1 aliphatic carbocycles. The number of hydrogen-bond acceptors (Lipinski definition) is 4. The molecule has 2 aromatic rings. The molecule has 2 heterocycles. The lowest BCUT2D eigenvalue weighted by Gasteiger charge is -2.38. The van der Waals surface area contributed by atoms with Crippen LogP contribution in [0.2, 0.25) is 0 Å². The van der Waals surface area contributed by atoms with Crippen LogP contribution in [0.25, 0.3) is 0 Å². The molecule has 1 aliphatic heterocycles. The van der Waals surface area contributed by atoms with Crippen LogP contribution < -0.4 is 15.4 Å². The Labute approximate surface area is 173 Å². The minimum atomic E-state index is -0.231. The van der Waals surface area contributed by atoms with Crippen molar-refractivity contribution in [1.82, 2.24) is 25.4 Å². The maximum absolute atomic E-state index is 6.19. The first-order valence-electron chi connectivity index (χ1n) is 10.6. The van der Waals surface area contributed by atoms with Crippen LogP contribution in [0.15, 0.2) is 29.3 Å². The summed E-state index contributed by atoms with van der Waals surface area (Å²) in [5.74, 6) is 3.55. The molecule has 1 aromatic heterocycles. The molecule has 1 atom stereocenters. The van der Waals surface area contributed by atoms with E-state index >= 15 is 0 Å². The molecular weight excluding hydrogens is 364 g/mol. The van der Waals surface area contributed by atoms with Gasteiger partial charge in [-0.3, -0.25) is 0 Å². The number of fused-ring (bicyclic) bond motifs is 1.